The summed E-state index contributed by atoms with van der Waals surface area (Å²) in [5.74, 6) is 0.941. The Morgan fingerprint density at radius 1 is 1.37 bits per heavy atom. The third kappa shape index (κ3) is 3.55. The highest BCUT2D eigenvalue weighted by molar-refractivity contribution is 7.09. The lowest BCUT2D eigenvalue weighted by molar-refractivity contribution is 0.402. The van der Waals surface area contributed by atoms with Crippen LogP contribution in [0.25, 0.3) is 0 Å². The Bertz CT molecular complexity index is 524. The third-order valence-electron chi connectivity index (χ3n) is 3.25. The summed E-state index contributed by atoms with van der Waals surface area (Å²) in [5.41, 5.74) is 4.26. The number of hydrogen-bond donors (Lipinski definition) is 1. The van der Waals surface area contributed by atoms with Crippen molar-refractivity contribution in [3.05, 3.63) is 45.9 Å². The number of rotatable bonds is 6. The Kier molecular flexibility index (Phi) is 4.93. The standard InChI is InChI=1S/C15H20N2OS/c1-11(13-6-4-5-7-14(13)18-3)16-9-8-15-12(2)17-10-19-15/h4-7,10-11,16H,8-9H2,1-3H3/t11-/m0/s1. The number of hydrogen-bond acceptors (Lipinski definition) is 4. The molecule has 0 aliphatic rings. The minimum absolute atomic E-state index is 0.282. The van der Waals surface area contributed by atoms with Gasteiger partial charge in [-0.05, 0) is 26.3 Å². The summed E-state index contributed by atoms with van der Waals surface area (Å²) in [5, 5.41) is 3.54. The second-order valence-electron chi connectivity index (χ2n) is 4.53. The van der Waals surface area contributed by atoms with E-state index >= 15 is 0 Å². The van der Waals surface area contributed by atoms with Gasteiger partial charge in [-0.15, -0.1) is 11.3 Å². The molecule has 0 bridgehead atoms. The molecule has 2 rings (SSSR count). The minimum atomic E-state index is 0.282. The molecule has 0 saturated carbocycles. The van der Waals surface area contributed by atoms with Crippen molar-refractivity contribution in [3.8, 4) is 5.75 Å². The molecule has 1 aromatic carbocycles. The van der Waals surface area contributed by atoms with E-state index in [1.54, 1.807) is 18.4 Å². The normalized spacial score (nSPS) is 12.4. The lowest BCUT2D eigenvalue weighted by Gasteiger charge is -2.17. The summed E-state index contributed by atoms with van der Waals surface area (Å²) in [4.78, 5) is 5.63. The van der Waals surface area contributed by atoms with Crippen molar-refractivity contribution < 1.29 is 4.74 Å². The molecule has 0 fully saturated rings. The molecule has 1 atom stereocenters. The fraction of sp³-hybridized carbons (Fsp3) is 0.400. The van der Waals surface area contributed by atoms with Crippen LogP contribution in [0, 0.1) is 6.92 Å². The zero-order chi connectivity index (χ0) is 13.7. The van der Waals surface area contributed by atoms with E-state index in [1.165, 1.54) is 10.4 Å². The van der Waals surface area contributed by atoms with Gasteiger partial charge in [0.05, 0.1) is 18.3 Å². The maximum Gasteiger partial charge on any atom is 0.123 e. The van der Waals surface area contributed by atoms with Crippen molar-refractivity contribution in [3.63, 3.8) is 0 Å². The predicted octanol–water partition coefficient (Wildman–Crippen LogP) is 3.35. The fourth-order valence-corrected chi connectivity index (χ4v) is 2.88. The van der Waals surface area contributed by atoms with Gasteiger partial charge < -0.3 is 10.1 Å². The lowest BCUT2D eigenvalue weighted by atomic mass is 10.1. The van der Waals surface area contributed by atoms with Crippen molar-refractivity contribution in [2.75, 3.05) is 13.7 Å². The van der Waals surface area contributed by atoms with Gasteiger partial charge in [0.2, 0.25) is 0 Å². The quantitative estimate of drug-likeness (QED) is 0.878. The third-order valence-corrected chi connectivity index (χ3v) is 4.25. The molecule has 0 unspecified atom stereocenters. The molecule has 0 radical (unpaired) electrons. The smallest absolute Gasteiger partial charge is 0.123 e. The molecule has 0 aliphatic heterocycles. The van der Waals surface area contributed by atoms with Gasteiger partial charge in [-0.2, -0.15) is 0 Å². The molecule has 0 aliphatic carbocycles. The van der Waals surface area contributed by atoms with Gasteiger partial charge >= 0.3 is 0 Å². The summed E-state index contributed by atoms with van der Waals surface area (Å²) in [6.07, 6.45) is 1.02. The average molecular weight is 276 g/mol. The van der Waals surface area contributed by atoms with E-state index in [1.807, 2.05) is 23.7 Å². The highest BCUT2D eigenvalue weighted by atomic mass is 32.1. The largest absolute Gasteiger partial charge is 0.496 e. The van der Waals surface area contributed by atoms with Crippen LogP contribution in [0.3, 0.4) is 0 Å². The van der Waals surface area contributed by atoms with Crippen LogP contribution in [0.15, 0.2) is 29.8 Å². The highest BCUT2D eigenvalue weighted by Gasteiger charge is 2.10. The van der Waals surface area contributed by atoms with Gasteiger partial charge in [-0.25, -0.2) is 4.98 Å². The monoisotopic (exact) mass is 276 g/mol. The second kappa shape index (κ2) is 6.68. The number of nitrogens with zero attached hydrogens (tertiary/aromatic N) is 1. The molecule has 0 spiro atoms. The van der Waals surface area contributed by atoms with Crippen molar-refractivity contribution in [1.82, 2.24) is 10.3 Å². The maximum absolute atomic E-state index is 5.39. The molecule has 1 heterocycles. The first-order chi connectivity index (χ1) is 9.22. The Morgan fingerprint density at radius 3 is 2.84 bits per heavy atom. The van der Waals surface area contributed by atoms with E-state index in [2.05, 4.69) is 30.2 Å². The Labute approximate surface area is 118 Å². The minimum Gasteiger partial charge on any atom is -0.496 e. The first-order valence-corrected chi connectivity index (χ1v) is 7.35. The first kappa shape index (κ1) is 14.0. The Morgan fingerprint density at radius 2 is 2.16 bits per heavy atom. The zero-order valence-corrected chi connectivity index (χ0v) is 12.5. The van der Waals surface area contributed by atoms with Gasteiger partial charge in [-0.3, -0.25) is 0 Å². The van der Waals surface area contributed by atoms with Crippen molar-refractivity contribution in [2.24, 2.45) is 0 Å². The van der Waals surface area contributed by atoms with Crippen LogP contribution < -0.4 is 10.1 Å². The number of benzene rings is 1. The molecule has 2 aromatic rings. The fourth-order valence-electron chi connectivity index (χ4n) is 2.10. The SMILES string of the molecule is COc1ccccc1[C@H](C)NCCc1scnc1C. The van der Waals surface area contributed by atoms with E-state index < -0.39 is 0 Å². The molecule has 1 N–H and O–H groups in total. The number of aromatic nitrogens is 1. The topological polar surface area (TPSA) is 34.1 Å². The number of aryl methyl sites for hydroxylation is 1. The van der Waals surface area contributed by atoms with Crippen LogP contribution in [0.5, 0.6) is 5.75 Å². The van der Waals surface area contributed by atoms with Crippen LogP contribution in [0.1, 0.15) is 29.1 Å². The summed E-state index contributed by atoms with van der Waals surface area (Å²) in [6, 6.07) is 8.43. The molecule has 0 saturated heterocycles. The van der Waals surface area contributed by atoms with Crippen LogP contribution in [0.4, 0.5) is 0 Å². The van der Waals surface area contributed by atoms with E-state index in [0.717, 1.165) is 24.4 Å². The van der Waals surface area contributed by atoms with Crippen LogP contribution in [-0.2, 0) is 6.42 Å². The van der Waals surface area contributed by atoms with Crippen LogP contribution in [-0.4, -0.2) is 18.6 Å². The second-order valence-corrected chi connectivity index (χ2v) is 5.47. The number of thiazole rings is 1. The lowest BCUT2D eigenvalue weighted by Crippen LogP contribution is -2.21. The van der Waals surface area contributed by atoms with Gasteiger partial charge in [-0.1, -0.05) is 18.2 Å². The molecule has 102 valence electrons. The van der Waals surface area contributed by atoms with Crippen molar-refractivity contribution in [1.29, 1.82) is 0 Å². The van der Waals surface area contributed by atoms with E-state index in [0.29, 0.717) is 0 Å². The van der Waals surface area contributed by atoms with Crippen LogP contribution >= 0.6 is 11.3 Å². The number of nitrogens with one attached hydrogen (secondary N) is 1. The van der Waals surface area contributed by atoms with E-state index in [4.69, 9.17) is 4.74 Å². The Hall–Kier alpha value is -1.39. The van der Waals surface area contributed by atoms with E-state index in [-0.39, 0.29) is 6.04 Å². The first-order valence-electron chi connectivity index (χ1n) is 6.47. The molecule has 4 heteroatoms. The van der Waals surface area contributed by atoms with Gasteiger partial charge in [0.25, 0.3) is 0 Å². The number of methoxy groups -OCH3 is 1. The summed E-state index contributed by atoms with van der Waals surface area (Å²) >= 11 is 1.73. The van der Waals surface area contributed by atoms with Gasteiger partial charge in [0, 0.05) is 23.0 Å². The van der Waals surface area contributed by atoms with Gasteiger partial charge in [0.15, 0.2) is 0 Å². The number of ether oxygens (including phenoxy) is 1. The van der Waals surface area contributed by atoms with Gasteiger partial charge in [0.1, 0.15) is 5.75 Å². The maximum atomic E-state index is 5.39. The summed E-state index contributed by atoms with van der Waals surface area (Å²) in [7, 11) is 1.71. The predicted molar refractivity (Wildman–Crippen MR) is 80.0 cm³/mol. The molecular formula is C15H20N2OS. The zero-order valence-electron chi connectivity index (χ0n) is 11.6. The van der Waals surface area contributed by atoms with Crippen molar-refractivity contribution in [2.45, 2.75) is 26.3 Å². The summed E-state index contributed by atoms with van der Waals surface area (Å²) < 4.78 is 5.39. The molecule has 1 aromatic heterocycles. The van der Waals surface area contributed by atoms with E-state index in [9.17, 15) is 0 Å². The summed E-state index contributed by atoms with van der Waals surface area (Å²) in [6.45, 7) is 5.18. The van der Waals surface area contributed by atoms with Crippen LogP contribution in [0.2, 0.25) is 0 Å². The molecule has 3 nitrogen and oxygen atoms in total. The molecule has 0 amide bonds. The Balaban J connectivity index is 1.91. The van der Waals surface area contributed by atoms with Crippen molar-refractivity contribution >= 4 is 11.3 Å². The highest BCUT2D eigenvalue weighted by Crippen LogP contribution is 2.24. The number of para-hydroxylation sites is 1. The molecule has 19 heavy (non-hydrogen) atoms. The molecular weight excluding hydrogens is 256 g/mol. The average Bonchev–Trinajstić information content (AvgIpc) is 2.84.